The summed E-state index contributed by atoms with van der Waals surface area (Å²) >= 11 is 0. The van der Waals surface area contributed by atoms with E-state index in [9.17, 15) is 22.8 Å². The van der Waals surface area contributed by atoms with Gasteiger partial charge in [-0.1, -0.05) is 13.8 Å². The second kappa shape index (κ2) is 6.21. The molecular weight excluding hydrogens is 357 g/mol. The van der Waals surface area contributed by atoms with Gasteiger partial charge in [0.05, 0.1) is 0 Å². The van der Waals surface area contributed by atoms with Crippen LogP contribution < -0.4 is 0 Å². The molecule has 0 aromatic carbocycles. The Labute approximate surface area is 158 Å². The highest BCUT2D eigenvalue weighted by atomic mass is 19.4. The minimum absolute atomic E-state index is 0.0943. The van der Waals surface area contributed by atoms with Gasteiger partial charge in [0.2, 0.25) is 0 Å². The smallest absolute Gasteiger partial charge is 0.456 e. The van der Waals surface area contributed by atoms with Crippen molar-refractivity contribution in [2.24, 2.45) is 34.5 Å². The highest BCUT2D eigenvalue weighted by Gasteiger charge is 2.60. The van der Waals surface area contributed by atoms with Crippen molar-refractivity contribution in [2.45, 2.75) is 83.9 Å². The number of ketones is 1. The van der Waals surface area contributed by atoms with Crippen LogP contribution in [0.2, 0.25) is 0 Å². The standard InChI is InChI=1S/C21H29F3O3/c1-19-9-7-13(27-18(26)21(22,23)24)11-12(19)3-4-14-15-5-6-17(25)20(15,2)10-8-16(14)19/h12-16H,3-11H2,1-2H3/t12-,13-,14-,15-,16-,19-,20-/m0/s1. The van der Waals surface area contributed by atoms with Gasteiger partial charge in [-0.15, -0.1) is 0 Å². The average molecular weight is 386 g/mol. The van der Waals surface area contributed by atoms with Crippen molar-refractivity contribution >= 4 is 11.8 Å². The fourth-order valence-corrected chi connectivity index (χ4v) is 7.31. The summed E-state index contributed by atoms with van der Waals surface area (Å²) in [4.78, 5) is 23.7. The quantitative estimate of drug-likeness (QED) is 0.591. The Kier molecular flexibility index (Phi) is 4.43. The van der Waals surface area contributed by atoms with Gasteiger partial charge in [0.25, 0.3) is 0 Å². The zero-order chi connectivity index (χ0) is 19.6. The molecule has 0 heterocycles. The van der Waals surface area contributed by atoms with Crippen molar-refractivity contribution in [3.63, 3.8) is 0 Å². The van der Waals surface area contributed by atoms with Crippen molar-refractivity contribution in [1.82, 2.24) is 0 Å². The molecule has 0 saturated heterocycles. The van der Waals surface area contributed by atoms with E-state index in [2.05, 4.69) is 13.8 Å². The first-order valence-corrected chi connectivity index (χ1v) is 10.4. The Morgan fingerprint density at radius 3 is 2.48 bits per heavy atom. The van der Waals surface area contributed by atoms with Gasteiger partial charge >= 0.3 is 12.1 Å². The van der Waals surface area contributed by atoms with Crippen LogP contribution in [-0.2, 0) is 14.3 Å². The maximum absolute atomic E-state index is 12.5. The lowest BCUT2D eigenvalue weighted by Gasteiger charge is -2.60. The molecule has 4 rings (SSSR count). The molecule has 6 heteroatoms. The minimum Gasteiger partial charge on any atom is -0.456 e. The predicted octanol–water partition coefficient (Wildman–Crippen LogP) is 5.07. The molecule has 0 spiro atoms. The molecule has 152 valence electrons. The number of esters is 1. The SMILES string of the molecule is C[C@]12CC[C@H](OC(=O)C(F)(F)F)C[C@@H]1CC[C@@H]1[C@@H]2CC[C@]2(C)C(=O)CC[C@@H]12. The van der Waals surface area contributed by atoms with Crippen molar-refractivity contribution in [3.8, 4) is 0 Å². The van der Waals surface area contributed by atoms with Crippen molar-refractivity contribution in [2.75, 3.05) is 0 Å². The summed E-state index contributed by atoms with van der Waals surface area (Å²) < 4.78 is 42.3. The number of alkyl halides is 3. The van der Waals surface area contributed by atoms with Gasteiger partial charge < -0.3 is 4.74 Å². The molecule has 4 aliphatic rings. The maximum atomic E-state index is 12.5. The first-order chi connectivity index (χ1) is 12.6. The number of carbonyl (C=O) groups is 2. The van der Waals surface area contributed by atoms with E-state index in [1.54, 1.807) is 0 Å². The van der Waals surface area contributed by atoms with Crippen LogP contribution in [0.1, 0.15) is 71.6 Å². The Morgan fingerprint density at radius 1 is 1.04 bits per heavy atom. The van der Waals surface area contributed by atoms with Crippen LogP contribution in [0.15, 0.2) is 0 Å². The number of hydrogen-bond acceptors (Lipinski definition) is 3. The average Bonchev–Trinajstić information content (AvgIpc) is 2.89. The summed E-state index contributed by atoms with van der Waals surface area (Å²) in [5, 5.41) is 0. The molecule has 0 amide bonds. The van der Waals surface area contributed by atoms with E-state index >= 15 is 0 Å². The molecule has 0 aliphatic heterocycles. The summed E-state index contributed by atoms with van der Waals surface area (Å²) in [6, 6.07) is 0. The zero-order valence-electron chi connectivity index (χ0n) is 16.1. The van der Waals surface area contributed by atoms with E-state index in [0.717, 1.165) is 38.5 Å². The Morgan fingerprint density at radius 2 is 1.78 bits per heavy atom. The third kappa shape index (κ3) is 2.93. The van der Waals surface area contributed by atoms with Gasteiger partial charge in [-0.05, 0) is 80.5 Å². The molecular formula is C21H29F3O3. The van der Waals surface area contributed by atoms with E-state index in [0.29, 0.717) is 48.7 Å². The lowest BCUT2D eigenvalue weighted by Crippen LogP contribution is -2.54. The summed E-state index contributed by atoms with van der Waals surface area (Å²) in [6.07, 6.45) is 2.07. The van der Waals surface area contributed by atoms with Crippen LogP contribution in [0.5, 0.6) is 0 Å². The van der Waals surface area contributed by atoms with Crippen LogP contribution >= 0.6 is 0 Å². The lowest BCUT2D eigenvalue weighted by atomic mass is 9.45. The summed E-state index contributed by atoms with van der Waals surface area (Å²) in [5.74, 6) is 0.260. The minimum atomic E-state index is -4.92. The first kappa shape index (κ1) is 19.3. The van der Waals surface area contributed by atoms with Gasteiger partial charge in [0.1, 0.15) is 11.9 Å². The molecule has 0 aromatic heterocycles. The third-order valence-electron chi connectivity index (χ3n) is 8.83. The molecule has 4 aliphatic carbocycles. The third-order valence-corrected chi connectivity index (χ3v) is 8.83. The summed E-state index contributed by atoms with van der Waals surface area (Å²) in [5.41, 5.74) is -0.0547. The van der Waals surface area contributed by atoms with Gasteiger partial charge in [-0.2, -0.15) is 13.2 Å². The highest BCUT2D eigenvalue weighted by molar-refractivity contribution is 5.87. The Balaban J connectivity index is 1.48. The maximum Gasteiger partial charge on any atom is 0.490 e. The van der Waals surface area contributed by atoms with Crippen LogP contribution in [0.25, 0.3) is 0 Å². The Bertz CT molecular complexity index is 645. The molecule has 7 atom stereocenters. The van der Waals surface area contributed by atoms with Crippen LogP contribution in [-0.4, -0.2) is 24.0 Å². The van der Waals surface area contributed by atoms with Gasteiger partial charge in [-0.25, -0.2) is 4.79 Å². The normalized spacial score (nSPS) is 47.0. The number of carbonyl (C=O) groups excluding carboxylic acids is 2. The number of Topliss-reactive ketones (excluding diaryl/α,β-unsaturated/α-hetero) is 1. The van der Waals surface area contributed by atoms with Gasteiger partial charge in [0.15, 0.2) is 0 Å². The predicted molar refractivity (Wildman–Crippen MR) is 92.7 cm³/mol. The molecule has 0 bridgehead atoms. The van der Waals surface area contributed by atoms with E-state index < -0.39 is 18.2 Å². The fraction of sp³-hybridized carbons (Fsp3) is 0.905. The molecule has 4 fully saturated rings. The van der Waals surface area contributed by atoms with E-state index in [1.165, 1.54) is 0 Å². The van der Waals surface area contributed by atoms with E-state index in [-0.39, 0.29) is 10.8 Å². The molecule has 0 unspecified atom stereocenters. The Hall–Kier alpha value is -1.07. The number of rotatable bonds is 1. The largest absolute Gasteiger partial charge is 0.490 e. The van der Waals surface area contributed by atoms with Crippen LogP contribution in [0.4, 0.5) is 13.2 Å². The van der Waals surface area contributed by atoms with Crippen molar-refractivity contribution in [3.05, 3.63) is 0 Å². The summed E-state index contributed by atoms with van der Waals surface area (Å²) in [6.45, 7) is 4.46. The molecule has 3 nitrogen and oxygen atoms in total. The van der Waals surface area contributed by atoms with Crippen LogP contribution in [0.3, 0.4) is 0 Å². The van der Waals surface area contributed by atoms with E-state index in [1.807, 2.05) is 0 Å². The molecule has 27 heavy (non-hydrogen) atoms. The molecule has 4 saturated carbocycles. The highest BCUT2D eigenvalue weighted by Crippen LogP contribution is 2.65. The monoisotopic (exact) mass is 386 g/mol. The van der Waals surface area contributed by atoms with E-state index in [4.69, 9.17) is 4.74 Å². The number of fused-ring (bicyclic) bond motifs is 5. The summed E-state index contributed by atoms with van der Waals surface area (Å²) in [7, 11) is 0. The number of hydrogen-bond donors (Lipinski definition) is 0. The first-order valence-electron chi connectivity index (χ1n) is 10.4. The lowest BCUT2D eigenvalue weighted by molar-refractivity contribution is -0.210. The molecule has 0 aromatic rings. The van der Waals surface area contributed by atoms with Crippen LogP contribution in [0, 0.1) is 34.5 Å². The van der Waals surface area contributed by atoms with Crippen molar-refractivity contribution in [1.29, 1.82) is 0 Å². The number of ether oxygens (including phenoxy) is 1. The topological polar surface area (TPSA) is 43.4 Å². The van der Waals surface area contributed by atoms with Crippen molar-refractivity contribution < 1.29 is 27.5 Å². The molecule has 0 radical (unpaired) electrons. The van der Waals surface area contributed by atoms with Gasteiger partial charge in [-0.3, -0.25) is 4.79 Å². The fourth-order valence-electron chi connectivity index (χ4n) is 7.31. The second-order valence-corrected chi connectivity index (χ2v) is 9.87. The zero-order valence-corrected chi connectivity index (χ0v) is 16.1. The number of halogens is 3. The second-order valence-electron chi connectivity index (χ2n) is 9.87. The molecule has 0 N–H and O–H groups in total. The van der Waals surface area contributed by atoms with Gasteiger partial charge in [0, 0.05) is 11.8 Å².